The van der Waals surface area contributed by atoms with Crippen molar-refractivity contribution in [2.75, 3.05) is 11.9 Å². The van der Waals surface area contributed by atoms with Gasteiger partial charge in [-0.1, -0.05) is 37.0 Å². The van der Waals surface area contributed by atoms with E-state index in [1.807, 2.05) is 25.1 Å². The van der Waals surface area contributed by atoms with Gasteiger partial charge in [-0.15, -0.1) is 0 Å². The zero-order valence-electron chi connectivity index (χ0n) is 11.8. The van der Waals surface area contributed by atoms with Gasteiger partial charge in [-0.05, 0) is 30.2 Å². The molecule has 4 heteroatoms. The summed E-state index contributed by atoms with van der Waals surface area (Å²) in [7, 11) is 0. The van der Waals surface area contributed by atoms with Gasteiger partial charge in [0, 0.05) is 17.3 Å². The Morgan fingerprint density at radius 2 is 2.14 bits per heavy atom. The first-order valence-electron chi connectivity index (χ1n) is 6.69. The molecule has 2 rings (SSSR count). The summed E-state index contributed by atoms with van der Waals surface area (Å²) in [4.78, 5) is 16.4. The number of amides is 1. The molecule has 1 heterocycles. The number of nitrogens with one attached hydrogen (secondary N) is 1. The second-order valence-corrected chi connectivity index (χ2v) is 4.35. The van der Waals surface area contributed by atoms with Crippen molar-refractivity contribution in [1.29, 1.82) is 0 Å². The first-order chi connectivity index (χ1) is 10.2. The molecule has 0 unspecified atom stereocenters. The molecule has 0 saturated carbocycles. The zero-order chi connectivity index (χ0) is 15.1. The normalized spacial score (nSPS) is 9.62. The van der Waals surface area contributed by atoms with Crippen molar-refractivity contribution in [2.24, 2.45) is 0 Å². The molecule has 4 nitrogen and oxygen atoms in total. The van der Waals surface area contributed by atoms with Gasteiger partial charge in [0.1, 0.15) is 12.4 Å². The molecule has 0 spiro atoms. The fourth-order valence-corrected chi connectivity index (χ4v) is 1.95. The second-order valence-electron chi connectivity index (χ2n) is 4.35. The number of benzene rings is 1. The standard InChI is InChI=1S/C17H16N2O2/c1-2-14-7-3-4-8-15(14)17(21)19-16-12-13(6-5-11-20)9-10-18-16/h3-4,7-10,12,20H,2,11H2,1H3,(H,18,19,21). The van der Waals surface area contributed by atoms with Crippen LogP contribution in [-0.2, 0) is 6.42 Å². The maximum atomic E-state index is 12.3. The van der Waals surface area contributed by atoms with Crippen LogP contribution in [0.3, 0.4) is 0 Å². The number of rotatable bonds is 3. The predicted molar refractivity (Wildman–Crippen MR) is 82.0 cm³/mol. The van der Waals surface area contributed by atoms with E-state index in [1.165, 1.54) is 0 Å². The van der Waals surface area contributed by atoms with Crippen LogP contribution in [0.25, 0.3) is 0 Å². The summed E-state index contributed by atoms with van der Waals surface area (Å²) in [5, 5.41) is 11.5. The van der Waals surface area contributed by atoms with Gasteiger partial charge in [0.2, 0.25) is 0 Å². The van der Waals surface area contributed by atoms with Crippen LogP contribution in [0, 0.1) is 11.8 Å². The highest BCUT2D eigenvalue weighted by Crippen LogP contribution is 2.13. The number of carbonyl (C=O) groups is 1. The smallest absolute Gasteiger partial charge is 0.257 e. The molecule has 1 aromatic heterocycles. The maximum absolute atomic E-state index is 12.3. The topological polar surface area (TPSA) is 62.2 Å². The average Bonchev–Trinajstić information content (AvgIpc) is 2.53. The summed E-state index contributed by atoms with van der Waals surface area (Å²) in [5.74, 6) is 5.59. The lowest BCUT2D eigenvalue weighted by Gasteiger charge is -2.08. The second kappa shape index (κ2) is 7.22. The van der Waals surface area contributed by atoms with E-state index in [-0.39, 0.29) is 12.5 Å². The third kappa shape index (κ3) is 3.91. The van der Waals surface area contributed by atoms with E-state index in [4.69, 9.17) is 5.11 Å². The van der Waals surface area contributed by atoms with Gasteiger partial charge in [0.15, 0.2) is 0 Å². The quantitative estimate of drug-likeness (QED) is 0.848. The Labute approximate surface area is 123 Å². The summed E-state index contributed by atoms with van der Waals surface area (Å²) in [6.07, 6.45) is 2.36. The summed E-state index contributed by atoms with van der Waals surface area (Å²) in [5.41, 5.74) is 2.33. The molecule has 0 fully saturated rings. The minimum atomic E-state index is -0.201. The highest BCUT2D eigenvalue weighted by Gasteiger charge is 2.10. The molecule has 0 aliphatic carbocycles. The number of aliphatic hydroxyl groups excluding tert-OH is 1. The van der Waals surface area contributed by atoms with Crippen LogP contribution in [0.5, 0.6) is 0 Å². The van der Waals surface area contributed by atoms with Gasteiger partial charge in [-0.25, -0.2) is 4.98 Å². The molecule has 1 amide bonds. The minimum absolute atomic E-state index is 0.188. The van der Waals surface area contributed by atoms with Crippen LogP contribution in [0.2, 0.25) is 0 Å². The molecular weight excluding hydrogens is 264 g/mol. The number of aromatic nitrogens is 1. The summed E-state index contributed by atoms with van der Waals surface area (Å²) < 4.78 is 0. The first kappa shape index (κ1) is 14.8. The number of carbonyl (C=O) groups excluding carboxylic acids is 1. The van der Waals surface area contributed by atoms with E-state index in [0.29, 0.717) is 16.9 Å². The molecular formula is C17H16N2O2. The Morgan fingerprint density at radius 1 is 1.33 bits per heavy atom. The molecule has 0 saturated heterocycles. The molecule has 0 radical (unpaired) electrons. The van der Waals surface area contributed by atoms with E-state index >= 15 is 0 Å². The van der Waals surface area contributed by atoms with Gasteiger partial charge < -0.3 is 10.4 Å². The monoisotopic (exact) mass is 280 g/mol. The van der Waals surface area contributed by atoms with Gasteiger partial charge in [0.05, 0.1) is 0 Å². The third-order valence-electron chi connectivity index (χ3n) is 2.96. The fourth-order valence-electron chi connectivity index (χ4n) is 1.95. The van der Waals surface area contributed by atoms with Gasteiger partial charge >= 0.3 is 0 Å². The number of nitrogens with zero attached hydrogens (tertiary/aromatic N) is 1. The van der Waals surface area contributed by atoms with E-state index in [0.717, 1.165) is 12.0 Å². The van der Waals surface area contributed by atoms with Crippen molar-refractivity contribution in [3.63, 3.8) is 0 Å². The number of aryl methyl sites for hydroxylation is 1. The van der Waals surface area contributed by atoms with Crippen LogP contribution in [0.4, 0.5) is 5.82 Å². The zero-order valence-corrected chi connectivity index (χ0v) is 11.8. The van der Waals surface area contributed by atoms with Crippen molar-refractivity contribution >= 4 is 11.7 Å². The van der Waals surface area contributed by atoms with Crippen molar-refractivity contribution in [3.8, 4) is 11.8 Å². The van der Waals surface area contributed by atoms with Gasteiger partial charge in [-0.3, -0.25) is 4.79 Å². The highest BCUT2D eigenvalue weighted by atomic mass is 16.2. The molecule has 0 aliphatic rings. The van der Waals surface area contributed by atoms with Crippen LogP contribution in [0.1, 0.15) is 28.4 Å². The average molecular weight is 280 g/mol. The predicted octanol–water partition coefficient (Wildman–Crippen LogP) is 2.24. The van der Waals surface area contributed by atoms with E-state index < -0.39 is 0 Å². The maximum Gasteiger partial charge on any atom is 0.257 e. The molecule has 0 atom stereocenters. The van der Waals surface area contributed by atoms with Crippen LogP contribution >= 0.6 is 0 Å². The highest BCUT2D eigenvalue weighted by molar-refractivity contribution is 6.04. The minimum Gasteiger partial charge on any atom is -0.384 e. The largest absolute Gasteiger partial charge is 0.384 e. The molecule has 2 N–H and O–H groups in total. The van der Waals surface area contributed by atoms with Gasteiger partial charge in [0.25, 0.3) is 5.91 Å². The number of aliphatic hydroxyl groups is 1. The Morgan fingerprint density at radius 3 is 2.90 bits per heavy atom. The molecule has 0 bridgehead atoms. The van der Waals surface area contributed by atoms with E-state index in [2.05, 4.69) is 22.1 Å². The number of hydrogen-bond acceptors (Lipinski definition) is 3. The van der Waals surface area contributed by atoms with Crippen molar-refractivity contribution < 1.29 is 9.90 Å². The van der Waals surface area contributed by atoms with Crippen LogP contribution in [0.15, 0.2) is 42.6 Å². The Bertz CT molecular complexity index is 699. The SMILES string of the molecule is CCc1ccccc1C(=O)Nc1cc(C#CCO)ccn1. The third-order valence-corrected chi connectivity index (χ3v) is 2.96. The fraction of sp³-hybridized carbons (Fsp3) is 0.176. The first-order valence-corrected chi connectivity index (χ1v) is 6.69. The Kier molecular flexibility index (Phi) is 5.08. The van der Waals surface area contributed by atoms with Crippen LogP contribution < -0.4 is 5.32 Å². The lowest BCUT2D eigenvalue weighted by atomic mass is 10.0. The summed E-state index contributed by atoms with van der Waals surface area (Å²) in [6, 6.07) is 10.9. The van der Waals surface area contributed by atoms with Crippen molar-refractivity contribution in [1.82, 2.24) is 4.98 Å². The van der Waals surface area contributed by atoms with Crippen molar-refractivity contribution in [2.45, 2.75) is 13.3 Å². The Hall–Kier alpha value is -2.64. The van der Waals surface area contributed by atoms with Gasteiger partial charge in [-0.2, -0.15) is 0 Å². The number of hydrogen-bond donors (Lipinski definition) is 2. The molecule has 0 aliphatic heterocycles. The van der Waals surface area contributed by atoms with Crippen molar-refractivity contribution in [3.05, 3.63) is 59.3 Å². The van der Waals surface area contributed by atoms with E-state index in [9.17, 15) is 4.79 Å². The Balaban J connectivity index is 2.20. The lowest BCUT2D eigenvalue weighted by molar-refractivity contribution is 0.102. The van der Waals surface area contributed by atoms with E-state index in [1.54, 1.807) is 24.4 Å². The van der Waals surface area contributed by atoms with Crippen LogP contribution in [-0.4, -0.2) is 22.6 Å². The molecule has 21 heavy (non-hydrogen) atoms. The number of pyridine rings is 1. The summed E-state index contributed by atoms with van der Waals surface area (Å²) in [6.45, 7) is 1.81. The molecule has 1 aromatic carbocycles. The number of anilines is 1. The molecule has 106 valence electrons. The summed E-state index contributed by atoms with van der Waals surface area (Å²) >= 11 is 0. The lowest BCUT2D eigenvalue weighted by Crippen LogP contribution is -2.15. The molecule has 2 aromatic rings.